The molecule has 0 saturated carbocycles. The van der Waals surface area contributed by atoms with Gasteiger partial charge in [0.25, 0.3) is 10.0 Å². The van der Waals surface area contributed by atoms with Crippen LogP contribution in [-0.2, 0) is 10.0 Å². The third-order valence-corrected chi connectivity index (χ3v) is 6.55. The molecule has 166 valence electrons. The van der Waals surface area contributed by atoms with E-state index in [1.54, 1.807) is 24.3 Å². The number of carboxylic acid groups (broad SMARTS) is 1. The zero-order valence-electron chi connectivity index (χ0n) is 17.9. The molecular formula is C25H20N2O5S. The van der Waals surface area contributed by atoms with Crippen LogP contribution in [0.15, 0.2) is 87.8 Å². The van der Waals surface area contributed by atoms with E-state index in [0.717, 1.165) is 16.8 Å². The van der Waals surface area contributed by atoms with Crippen LogP contribution in [-0.4, -0.2) is 31.0 Å². The number of rotatable bonds is 5. The summed E-state index contributed by atoms with van der Waals surface area (Å²) in [6, 6.07) is 17.2. The summed E-state index contributed by atoms with van der Waals surface area (Å²) >= 11 is 0. The van der Waals surface area contributed by atoms with Crippen LogP contribution in [0.1, 0.15) is 37.4 Å². The fraction of sp³-hybridized carbons (Fsp3) is 0.0800. The normalized spacial score (nSPS) is 14.5. The molecule has 7 nitrogen and oxygen atoms in total. The third-order valence-electron chi connectivity index (χ3n) is 5.24. The number of benzene rings is 3. The van der Waals surface area contributed by atoms with Crippen LogP contribution >= 0.6 is 0 Å². The highest BCUT2D eigenvalue weighted by Gasteiger charge is 2.26. The monoisotopic (exact) mass is 460 g/mol. The molecule has 3 aromatic rings. The van der Waals surface area contributed by atoms with E-state index in [2.05, 4.69) is 9.71 Å². The Hall–Kier alpha value is -4.04. The SMILES string of the molecule is Cc1ccc(NC2=C/C(=N/S(=O)(=O)c3ccc(C(=O)O)cc3)c3ccccc3C2=O)c(C)c1. The number of aromatic carboxylic acids is 1. The first-order valence-corrected chi connectivity index (χ1v) is 11.5. The Bertz CT molecular complexity index is 1450. The molecule has 0 bridgehead atoms. The first-order chi connectivity index (χ1) is 15.7. The Morgan fingerprint density at radius 2 is 1.61 bits per heavy atom. The number of sulfonamides is 1. The van der Waals surface area contributed by atoms with Gasteiger partial charge in [-0.25, -0.2) is 4.79 Å². The van der Waals surface area contributed by atoms with Crippen LogP contribution < -0.4 is 5.32 Å². The van der Waals surface area contributed by atoms with Gasteiger partial charge in [0.15, 0.2) is 0 Å². The van der Waals surface area contributed by atoms with Crippen LogP contribution in [0.25, 0.3) is 0 Å². The van der Waals surface area contributed by atoms with Gasteiger partial charge in [0, 0.05) is 16.8 Å². The number of fused-ring (bicyclic) bond motifs is 1. The summed E-state index contributed by atoms with van der Waals surface area (Å²) in [5, 5.41) is 12.1. The molecule has 0 heterocycles. The number of allylic oxidation sites excluding steroid dienone is 2. The second-order valence-corrected chi connectivity index (χ2v) is 9.26. The van der Waals surface area contributed by atoms with Crippen LogP contribution in [0.5, 0.6) is 0 Å². The molecule has 0 radical (unpaired) electrons. The van der Waals surface area contributed by atoms with Crippen LogP contribution in [0.4, 0.5) is 5.69 Å². The van der Waals surface area contributed by atoms with Crippen molar-refractivity contribution in [2.24, 2.45) is 4.40 Å². The minimum absolute atomic E-state index is 0.0324. The fourth-order valence-electron chi connectivity index (χ4n) is 3.55. The number of hydrogen-bond acceptors (Lipinski definition) is 5. The average molecular weight is 461 g/mol. The van der Waals surface area contributed by atoms with E-state index in [4.69, 9.17) is 5.11 Å². The van der Waals surface area contributed by atoms with Crippen molar-refractivity contribution >= 4 is 33.2 Å². The molecule has 8 heteroatoms. The van der Waals surface area contributed by atoms with Crippen molar-refractivity contribution in [3.8, 4) is 0 Å². The van der Waals surface area contributed by atoms with Gasteiger partial charge in [0.2, 0.25) is 5.78 Å². The van der Waals surface area contributed by atoms with Gasteiger partial charge < -0.3 is 10.4 Å². The van der Waals surface area contributed by atoms with E-state index in [1.165, 1.54) is 30.3 Å². The molecule has 33 heavy (non-hydrogen) atoms. The summed E-state index contributed by atoms with van der Waals surface area (Å²) < 4.78 is 29.9. The Balaban J connectivity index is 1.79. The number of Topliss-reactive ketones (excluding diaryl/α,β-unsaturated/α-hetero) is 1. The summed E-state index contributed by atoms with van der Waals surface area (Å²) in [4.78, 5) is 24.0. The van der Waals surface area contributed by atoms with E-state index in [9.17, 15) is 18.0 Å². The van der Waals surface area contributed by atoms with Crippen molar-refractivity contribution in [3.05, 3.63) is 106 Å². The number of anilines is 1. The van der Waals surface area contributed by atoms with Gasteiger partial charge in [-0.15, -0.1) is 0 Å². The number of carboxylic acids is 1. The van der Waals surface area contributed by atoms with Crippen molar-refractivity contribution in [1.82, 2.24) is 0 Å². The van der Waals surface area contributed by atoms with Gasteiger partial charge in [-0.2, -0.15) is 12.8 Å². The first kappa shape index (κ1) is 22.2. The summed E-state index contributed by atoms with van der Waals surface area (Å²) in [6.07, 6.45) is 1.42. The van der Waals surface area contributed by atoms with Crippen LogP contribution in [0, 0.1) is 13.8 Å². The van der Waals surface area contributed by atoms with E-state index in [-0.39, 0.29) is 27.7 Å². The molecule has 0 spiro atoms. The molecular weight excluding hydrogens is 440 g/mol. The number of carbonyl (C=O) groups is 2. The second kappa shape index (κ2) is 8.48. The highest BCUT2D eigenvalue weighted by Crippen LogP contribution is 2.26. The summed E-state index contributed by atoms with van der Waals surface area (Å²) in [5.41, 5.74) is 3.76. The molecule has 0 aromatic heterocycles. The molecule has 3 aromatic carbocycles. The zero-order valence-corrected chi connectivity index (χ0v) is 18.7. The lowest BCUT2D eigenvalue weighted by molar-refractivity contribution is 0.0696. The Kier molecular flexibility index (Phi) is 5.69. The van der Waals surface area contributed by atoms with Crippen molar-refractivity contribution in [2.45, 2.75) is 18.7 Å². The maximum Gasteiger partial charge on any atom is 0.335 e. The van der Waals surface area contributed by atoms with Crippen molar-refractivity contribution in [2.75, 3.05) is 5.32 Å². The van der Waals surface area contributed by atoms with Gasteiger partial charge in [0.05, 0.1) is 21.9 Å². The molecule has 0 fully saturated rings. The molecule has 4 rings (SSSR count). The lowest BCUT2D eigenvalue weighted by atomic mass is 9.92. The van der Waals surface area contributed by atoms with Crippen molar-refractivity contribution in [3.63, 3.8) is 0 Å². The predicted molar refractivity (Wildman–Crippen MR) is 126 cm³/mol. The van der Waals surface area contributed by atoms with Gasteiger partial charge in [0.1, 0.15) is 0 Å². The van der Waals surface area contributed by atoms with Gasteiger partial charge in [-0.05, 0) is 55.8 Å². The molecule has 0 saturated heterocycles. The molecule has 2 N–H and O–H groups in total. The number of hydrogen-bond donors (Lipinski definition) is 2. The Morgan fingerprint density at radius 1 is 0.939 bits per heavy atom. The smallest absolute Gasteiger partial charge is 0.335 e. The molecule has 0 aliphatic heterocycles. The van der Waals surface area contributed by atoms with Gasteiger partial charge in [-0.3, -0.25) is 4.79 Å². The minimum Gasteiger partial charge on any atom is -0.478 e. The quantitative estimate of drug-likeness (QED) is 0.585. The number of nitrogens with one attached hydrogen (secondary N) is 1. The second-order valence-electron chi connectivity index (χ2n) is 7.66. The summed E-state index contributed by atoms with van der Waals surface area (Å²) in [6.45, 7) is 3.88. The number of ketones is 1. The molecule has 0 atom stereocenters. The van der Waals surface area contributed by atoms with Gasteiger partial charge >= 0.3 is 5.97 Å². The van der Waals surface area contributed by atoms with E-state index in [1.807, 2.05) is 32.0 Å². The zero-order chi connectivity index (χ0) is 23.8. The first-order valence-electron chi connectivity index (χ1n) is 10.0. The fourth-order valence-corrected chi connectivity index (χ4v) is 4.54. The lowest BCUT2D eigenvalue weighted by Gasteiger charge is -2.19. The van der Waals surface area contributed by atoms with E-state index in [0.29, 0.717) is 11.1 Å². The highest BCUT2D eigenvalue weighted by molar-refractivity contribution is 7.90. The maximum atomic E-state index is 13.1. The number of aryl methyl sites for hydroxylation is 2. The third kappa shape index (κ3) is 4.47. The molecule has 1 aliphatic carbocycles. The van der Waals surface area contributed by atoms with E-state index >= 15 is 0 Å². The molecule has 0 amide bonds. The topological polar surface area (TPSA) is 113 Å². The van der Waals surface area contributed by atoms with Crippen LogP contribution in [0.2, 0.25) is 0 Å². The molecule has 1 aliphatic rings. The van der Waals surface area contributed by atoms with Crippen molar-refractivity contribution < 1.29 is 23.1 Å². The minimum atomic E-state index is -4.16. The molecule has 0 unspecified atom stereocenters. The standard InChI is InChI=1S/C25H20N2O5S/c1-15-7-12-21(16(2)13-15)26-23-14-22(19-5-3-4-6-20(19)24(23)28)27-33(31,32)18-10-8-17(9-11-18)25(29)30/h3-14,26H,1-2H3,(H,29,30)/b27-22-. The average Bonchev–Trinajstić information content (AvgIpc) is 2.78. The van der Waals surface area contributed by atoms with E-state index < -0.39 is 16.0 Å². The largest absolute Gasteiger partial charge is 0.478 e. The maximum absolute atomic E-state index is 13.1. The highest BCUT2D eigenvalue weighted by atomic mass is 32.2. The van der Waals surface area contributed by atoms with Gasteiger partial charge in [-0.1, -0.05) is 42.0 Å². The lowest BCUT2D eigenvalue weighted by Crippen LogP contribution is -2.23. The summed E-state index contributed by atoms with van der Waals surface area (Å²) in [7, 11) is -4.16. The Morgan fingerprint density at radius 3 is 2.24 bits per heavy atom. The number of carbonyl (C=O) groups excluding carboxylic acids is 1. The predicted octanol–water partition coefficient (Wildman–Crippen LogP) is 4.37. The summed E-state index contributed by atoms with van der Waals surface area (Å²) in [5.74, 6) is -1.43. The van der Waals surface area contributed by atoms with Crippen LogP contribution in [0.3, 0.4) is 0 Å². The van der Waals surface area contributed by atoms with Crippen molar-refractivity contribution in [1.29, 1.82) is 0 Å². The number of nitrogens with zero attached hydrogens (tertiary/aromatic N) is 1. The Labute approximate surface area is 191 Å².